The molecule has 0 saturated carbocycles. The number of carbonyl (C=O) groups is 1. The van der Waals surface area contributed by atoms with Crippen LogP contribution in [0.4, 0.5) is 4.79 Å². The molecule has 0 aliphatic carbocycles. The van der Waals surface area contributed by atoms with E-state index in [1.165, 1.54) is 5.56 Å². The van der Waals surface area contributed by atoms with Gasteiger partial charge >= 0.3 is 6.03 Å². The van der Waals surface area contributed by atoms with E-state index in [-0.39, 0.29) is 11.4 Å². The molecule has 2 amide bonds. The standard InChI is InChI=1S/C22H30BrN3O2/c1-22(2,3)18-8-9-20(19(23)13-18)28-11-5-10-25-21(27)26-15-17-7-4-6-16(12-17)14-24/h4,6-9,12-13H,5,10-11,14-15,24H2,1-3H3,(H2,25,26,27). The molecule has 0 aromatic heterocycles. The van der Waals surface area contributed by atoms with Gasteiger partial charge in [-0.1, -0.05) is 51.1 Å². The molecule has 2 rings (SSSR count). The first-order chi connectivity index (χ1) is 13.3. The van der Waals surface area contributed by atoms with Gasteiger partial charge in [-0.3, -0.25) is 0 Å². The maximum atomic E-state index is 11.9. The Morgan fingerprint density at radius 3 is 2.54 bits per heavy atom. The van der Waals surface area contributed by atoms with Crippen molar-refractivity contribution in [3.63, 3.8) is 0 Å². The van der Waals surface area contributed by atoms with Crippen LogP contribution in [0.2, 0.25) is 0 Å². The van der Waals surface area contributed by atoms with E-state index in [0.717, 1.165) is 27.8 Å². The molecule has 0 radical (unpaired) electrons. The molecule has 0 spiro atoms. The SMILES string of the molecule is CC(C)(C)c1ccc(OCCCNC(=O)NCc2cccc(CN)c2)c(Br)c1. The fourth-order valence-electron chi connectivity index (χ4n) is 2.65. The largest absolute Gasteiger partial charge is 0.492 e. The Kier molecular flexibility index (Phi) is 8.33. The summed E-state index contributed by atoms with van der Waals surface area (Å²) in [6.45, 7) is 8.60. The van der Waals surface area contributed by atoms with E-state index in [9.17, 15) is 4.79 Å². The molecule has 152 valence electrons. The predicted molar refractivity (Wildman–Crippen MR) is 118 cm³/mol. The number of rotatable bonds is 8. The molecule has 2 aromatic rings. The molecular formula is C22H30BrN3O2. The number of urea groups is 1. The number of nitrogens with one attached hydrogen (secondary N) is 2. The Morgan fingerprint density at radius 2 is 1.86 bits per heavy atom. The second kappa shape index (κ2) is 10.5. The molecular weight excluding hydrogens is 418 g/mol. The molecule has 0 fully saturated rings. The van der Waals surface area contributed by atoms with E-state index in [4.69, 9.17) is 10.5 Å². The minimum absolute atomic E-state index is 0.101. The van der Waals surface area contributed by atoms with Gasteiger partial charge in [-0.15, -0.1) is 0 Å². The van der Waals surface area contributed by atoms with Crippen molar-refractivity contribution in [2.24, 2.45) is 5.73 Å². The highest BCUT2D eigenvalue weighted by Gasteiger charge is 2.15. The second-order valence-corrected chi connectivity index (χ2v) is 8.59. The van der Waals surface area contributed by atoms with E-state index >= 15 is 0 Å². The molecule has 0 aliphatic rings. The van der Waals surface area contributed by atoms with Crippen molar-refractivity contribution in [1.82, 2.24) is 10.6 Å². The van der Waals surface area contributed by atoms with E-state index in [1.54, 1.807) is 0 Å². The van der Waals surface area contributed by atoms with Gasteiger partial charge in [-0.2, -0.15) is 0 Å². The van der Waals surface area contributed by atoms with Crippen LogP contribution in [0, 0.1) is 0 Å². The Labute approximate surface area is 176 Å². The van der Waals surface area contributed by atoms with Gasteiger partial charge in [-0.25, -0.2) is 4.79 Å². The lowest BCUT2D eigenvalue weighted by atomic mass is 9.87. The van der Waals surface area contributed by atoms with Crippen molar-refractivity contribution in [2.75, 3.05) is 13.2 Å². The molecule has 0 bridgehead atoms. The summed E-state index contributed by atoms with van der Waals surface area (Å²) in [6, 6.07) is 13.9. The predicted octanol–water partition coefficient (Wildman–Crippen LogP) is 4.47. The summed E-state index contributed by atoms with van der Waals surface area (Å²) in [7, 11) is 0. The number of ether oxygens (including phenoxy) is 1. The number of halogens is 1. The first-order valence-corrected chi connectivity index (χ1v) is 10.3. The molecule has 0 heterocycles. The van der Waals surface area contributed by atoms with Gasteiger partial charge in [0.25, 0.3) is 0 Å². The van der Waals surface area contributed by atoms with Crippen molar-refractivity contribution in [3.05, 3.63) is 63.6 Å². The van der Waals surface area contributed by atoms with E-state index in [0.29, 0.717) is 26.2 Å². The fraction of sp³-hybridized carbons (Fsp3) is 0.409. The minimum atomic E-state index is -0.186. The van der Waals surface area contributed by atoms with Crippen LogP contribution in [-0.4, -0.2) is 19.2 Å². The van der Waals surface area contributed by atoms with Crippen LogP contribution in [0.5, 0.6) is 5.75 Å². The van der Waals surface area contributed by atoms with Gasteiger partial charge < -0.3 is 21.1 Å². The highest BCUT2D eigenvalue weighted by molar-refractivity contribution is 9.10. The number of nitrogens with two attached hydrogens (primary N) is 1. The van der Waals surface area contributed by atoms with Crippen molar-refractivity contribution in [2.45, 2.75) is 45.7 Å². The normalized spacial score (nSPS) is 11.2. The van der Waals surface area contributed by atoms with Crippen LogP contribution >= 0.6 is 15.9 Å². The summed E-state index contributed by atoms with van der Waals surface area (Å²) in [4.78, 5) is 11.9. The van der Waals surface area contributed by atoms with Crippen LogP contribution in [-0.2, 0) is 18.5 Å². The Morgan fingerprint density at radius 1 is 1.11 bits per heavy atom. The van der Waals surface area contributed by atoms with E-state index in [1.807, 2.05) is 30.3 Å². The zero-order valence-corrected chi connectivity index (χ0v) is 18.4. The summed E-state index contributed by atoms with van der Waals surface area (Å²) in [5, 5.41) is 5.69. The summed E-state index contributed by atoms with van der Waals surface area (Å²) in [5.41, 5.74) is 9.07. The lowest BCUT2D eigenvalue weighted by Gasteiger charge is -2.20. The summed E-state index contributed by atoms with van der Waals surface area (Å²) >= 11 is 3.57. The number of amides is 2. The second-order valence-electron chi connectivity index (χ2n) is 7.73. The molecule has 6 heteroatoms. The third kappa shape index (κ3) is 7.17. The van der Waals surface area contributed by atoms with Gasteiger partial charge in [0.2, 0.25) is 0 Å². The van der Waals surface area contributed by atoms with Gasteiger partial charge in [0.15, 0.2) is 0 Å². The van der Waals surface area contributed by atoms with Crippen LogP contribution in [0.1, 0.15) is 43.9 Å². The third-order valence-electron chi connectivity index (χ3n) is 4.34. The maximum Gasteiger partial charge on any atom is 0.315 e. The Bertz CT molecular complexity index is 788. The van der Waals surface area contributed by atoms with E-state index in [2.05, 4.69) is 59.5 Å². The summed E-state index contributed by atoms with van der Waals surface area (Å²) in [6.07, 6.45) is 0.726. The van der Waals surface area contributed by atoms with Crippen molar-refractivity contribution in [3.8, 4) is 5.75 Å². The average Bonchev–Trinajstić information content (AvgIpc) is 2.66. The molecule has 5 nitrogen and oxygen atoms in total. The van der Waals surface area contributed by atoms with Gasteiger partial charge in [-0.05, 0) is 56.6 Å². The topological polar surface area (TPSA) is 76.4 Å². The first kappa shape index (κ1) is 22.2. The monoisotopic (exact) mass is 447 g/mol. The van der Waals surface area contributed by atoms with Gasteiger partial charge in [0.1, 0.15) is 5.75 Å². The van der Waals surface area contributed by atoms with Crippen molar-refractivity contribution in [1.29, 1.82) is 0 Å². The maximum absolute atomic E-state index is 11.9. The van der Waals surface area contributed by atoms with Crippen molar-refractivity contribution >= 4 is 22.0 Å². The molecule has 0 saturated heterocycles. The van der Waals surface area contributed by atoms with Crippen LogP contribution in [0.15, 0.2) is 46.9 Å². The van der Waals surface area contributed by atoms with Gasteiger partial charge in [0, 0.05) is 19.6 Å². The van der Waals surface area contributed by atoms with Crippen LogP contribution in [0.3, 0.4) is 0 Å². The quantitative estimate of drug-likeness (QED) is 0.522. The first-order valence-electron chi connectivity index (χ1n) is 9.52. The smallest absolute Gasteiger partial charge is 0.315 e. The zero-order valence-electron chi connectivity index (χ0n) is 16.8. The van der Waals surface area contributed by atoms with Crippen LogP contribution < -0.4 is 21.1 Å². The van der Waals surface area contributed by atoms with E-state index < -0.39 is 0 Å². The lowest BCUT2D eigenvalue weighted by molar-refractivity contribution is 0.238. The third-order valence-corrected chi connectivity index (χ3v) is 4.96. The van der Waals surface area contributed by atoms with Crippen molar-refractivity contribution < 1.29 is 9.53 Å². The molecule has 28 heavy (non-hydrogen) atoms. The number of carbonyl (C=O) groups excluding carboxylic acids is 1. The molecule has 0 unspecified atom stereocenters. The molecule has 0 atom stereocenters. The minimum Gasteiger partial charge on any atom is -0.492 e. The van der Waals surface area contributed by atoms with Crippen LogP contribution in [0.25, 0.3) is 0 Å². The Hall–Kier alpha value is -2.05. The highest BCUT2D eigenvalue weighted by atomic mass is 79.9. The number of hydrogen-bond donors (Lipinski definition) is 3. The summed E-state index contributed by atoms with van der Waals surface area (Å²) < 4.78 is 6.76. The molecule has 2 aromatic carbocycles. The lowest BCUT2D eigenvalue weighted by Crippen LogP contribution is -2.36. The summed E-state index contributed by atoms with van der Waals surface area (Å²) in [5.74, 6) is 0.817. The number of hydrogen-bond acceptors (Lipinski definition) is 3. The molecule has 0 aliphatic heterocycles. The Balaban J connectivity index is 1.66. The zero-order chi connectivity index (χ0) is 20.6. The van der Waals surface area contributed by atoms with Gasteiger partial charge in [0.05, 0.1) is 11.1 Å². The fourth-order valence-corrected chi connectivity index (χ4v) is 3.15. The average molecular weight is 448 g/mol. The molecule has 4 N–H and O–H groups in total. The number of benzene rings is 2. The highest BCUT2D eigenvalue weighted by Crippen LogP contribution is 2.31.